The molecule has 0 aromatic heterocycles. The molecule has 0 aromatic rings. The molecule has 1 unspecified atom stereocenters. The van der Waals surface area contributed by atoms with Crippen LogP contribution in [0.3, 0.4) is 0 Å². The second kappa shape index (κ2) is 6.18. The second-order valence-corrected chi connectivity index (χ2v) is 14.9. The van der Waals surface area contributed by atoms with E-state index in [1.807, 2.05) is 0 Å². The average molecular weight is 247 g/mol. The van der Waals surface area contributed by atoms with Crippen molar-refractivity contribution in [1.82, 2.24) is 8.80 Å². The minimum absolute atomic E-state index is 0.835. The molecule has 0 aliphatic rings. The molecule has 0 fully saturated rings. The van der Waals surface area contributed by atoms with E-state index in [1.54, 1.807) is 0 Å². The zero-order valence-corrected chi connectivity index (χ0v) is 14.1. The van der Waals surface area contributed by atoms with Gasteiger partial charge in [-0.3, -0.25) is 0 Å². The van der Waals surface area contributed by atoms with Gasteiger partial charge in [-0.05, 0) is 25.7 Å². The molecule has 0 amide bonds. The van der Waals surface area contributed by atoms with Gasteiger partial charge < -0.3 is 8.80 Å². The summed E-state index contributed by atoms with van der Waals surface area (Å²) in [7, 11) is 0.321. The first-order valence-electron chi connectivity index (χ1n) is 6.22. The smallest absolute Gasteiger partial charge is 0.185 e. The van der Waals surface area contributed by atoms with Crippen LogP contribution in [0, 0.1) is 0 Å². The van der Waals surface area contributed by atoms with Gasteiger partial charge in [0.05, 0.1) is 0 Å². The maximum atomic E-state index is 2.77. The van der Waals surface area contributed by atoms with Crippen molar-refractivity contribution in [3.8, 4) is 0 Å². The fourth-order valence-corrected chi connectivity index (χ4v) is 9.64. The third kappa shape index (κ3) is 4.38. The summed E-state index contributed by atoms with van der Waals surface area (Å²) in [6.45, 7) is 19.2. The van der Waals surface area contributed by atoms with E-state index in [0.717, 1.165) is 5.54 Å². The topological polar surface area (TPSA) is 6.48 Å². The molecule has 0 aliphatic heterocycles. The Kier molecular flexibility index (Phi) is 6.32. The normalized spacial score (nSPS) is 15.4. The van der Waals surface area contributed by atoms with Crippen LogP contribution < -0.4 is 0 Å². The highest BCUT2D eigenvalue weighted by Gasteiger charge is 2.33. The van der Waals surface area contributed by atoms with Crippen molar-refractivity contribution >= 4 is 17.4 Å². The van der Waals surface area contributed by atoms with Crippen LogP contribution in [0.25, 0.3) is 0 Å². The average Bonchev–Trinajstić information content (AvgIpc) is 2.10. The van der Waals surface area contributed by atoms with Crippen LogP contribution in [-0.2, 0) is 0 Å². The molecule has 0 N–H and O–H groups in total. The Bertz CT molecular complexity index is 174. The lowest BCUT2D eigenvalue weighted by molar-refractivity contribution is 0.435. The van der Waals surface area contributed by atoms with Gasteiger partial charge in [-0.2, -0.15) is 0 Å². The van der Waals surface area contributed by atoms with E-state index in [2.05, 4.69) is 63.2 Å². The van der Waals surface area contributed by atoms with Crippen LogP contribution >= 0.6 is 0 Å². The molecule has 0 aromatic carbocycles. The maximum Gasteiger partial charge on any atom is 0.185 e. The van der Waals surface area contributed by atoms with Gasteiger partial charge in [0.1, 0.15) is 8.24 Å². The van der Waals surface area contributed by atoms with Crippen molar-refractivity contribution in [2.24, 2.45) is 0 Å². The second-order valence-electron chi connectivity index (χ2n) is 5.66. The van der Waals surface area contributed by atoms with Crippen molar-refractivity contribution in [3.05, 3.63) is 0 Å². The van der Waals surface area contributed by atoms with Crippen molar-refractivity contribution in [1.29, 1.82) is 0 Å². The highest BCUT2D eigenvalue weighted by molar-refractivity contribution is 6.82. The van der Waals surface area contributed by atoms with Gasteiger partial charge in [0, 0.05) is 0 Å². The third-order valence-electron chi connectivity index (χ3n) is 3.24. The number of rotatable bonds is 6. The molecule has 4 heteroatoms. The van der Waals surface area contributed by atoms with Crippen molar-refractivity contribution in [2.45, 2.75) is 52.9 Å². The van der Waals surface area contributed by atoms with E-state index in [1.165, 1.54) is 13.1 Å². The summed E-state index contributed by atoms with van der Waals surface area (Å²) in [5.74, 6) is 0. The van der Waals surface area contributed by atoms with Crippen molar-refractivity contribution in [3.63, 3.8) is 0 Å². The van der Waals surface area contributed by atoms with Crippen LogP contribution in [0.5, 0.6) is 0 Å². The quantitative estimate of drug-likeness (QED) is 0.665. The summed E-state index contributed by atoms with van der Waals surface area (Å²) in [5, 5.41) is 0. The van der Waals surface area contributed by atoms with Gasteiger partial charge in [-0.1, -0.05) is 47.3 Å². The molecule has 0 spiro atoms. The monoisotopic (exact) mass is 246 g/mol. The van der Waals surface area contributed by atoms with E-state index >= 15 is 0 Å². The zero-order valence-electron chi connectivity index (χ0n) is 12.0. The Hall–Kier alpha value is 0.354. The number of hydrogen-bond donors (Lipinski definition) is 0. The third-order valence-corrected chi connectivity index (χ3v) is 11.9. The highest BCUT2D eigenvalue weighted by atomic mass is 28.4. The molecule has 2 nitrogen and oxygen atoms in total. The Balaban J connectivity index is 4.80. The SMILES string of the molecule is CCN(CC)[SiH](C(C)C)N(C)[Si](C)(C)C. The van der Waals surface area contributed by atoms with Gasteiger partial charge >= 0.3 is 0 Å². The van der Waals surface area contributed by atoms with Crippen LogP contribution in [0.15, 0.2) is 0 Å². The van der Waals surface area contributed by atoms with Crippen LogP contribution in [0.1, 0.15) is 27.7 Å². The molecule has 92 valence electrons. The lowest BCUT2D eigenvalue weighted by Crippen LogP contribution is -2.61. The summed E-state index contributed by atoms with van der Waals surface area (Å²) < 4.78 is 5.48. The Morgan fingerprint density at radius 2 is 1.47 bits per heavy atom. The van der Waals surface area contributed by atoms with Gasteiger partial charge in [0.2, 0.25) is 0 Å². The lowest BCUT2D eigenvalue weighted by atomic mass is 10.6. The van der Waals surface area contributed by atoms with Crippen LogP contribution in [-0.4, -0.2) is 46.3 Å². The lowest BCUT2D eigenvalue weighted by Gasteiger charge is -2.44. The number of hydrogen-bond acceptors (Lipinski definition) is 2. The Morgan fingerprint density at radius 1 is 1.07 bits per heavy atom. The molecular weight excluding hydrogens is 216 g/mol. The minimum Gasteiger partial charge on any atom is -0.339 e. The summed E-state index contributed by atoms with van der Waals surface area (Å²) in [5.41, 5.74) is 0.835. The first-order chi connectivity index (χ1) is 6.75. The summed E-state index contributed by atoms with van der Waals surface area (Å²) in [4.78, 5) is 0. The standard InChI is InChI=1S/C11H30N2Si2/c1-9-13(10-2)14(11(3)4)12(5)15(6,7)8/h11,14H,9-10H2,1-8H3. The first-order valence-corrected chi connectivity index (χ1v) is 11.4. The molecule has 0 heterocycles. The summed E-state index contributed by atoms with van der Waals surface area (Å²) >= 11 is 0. The molecule has 0 saturated carbocycles. The van der Waals surface area contributed by atoms with Gasteiger partial charge in [-0.25, -0.2) is 0 Å². The fraction of sp³-hybridized carbons (Fsp3) is 1.00. The summed E-state index contributed by atoms with van der Waals surface area (Å²) in [6, 6.07) is 0. The molecule has 0 radical (unpaired) electrons. The molecule has 0 saturated heterocycles. The van der Waals surface area contributed by atoms with E-state index in [4.69, 9.17) is 0 Å². The molecule has 0 aliphatic carbocycles. The molecule has 0 bridgehead atoms. The van der Waals surface area contributed by atoms with Gasteiger partial charge in [0.25, 0.3) is 0 Å². The molecule has 1 atom stereocenters. The number of nitrogens with zero attached hydrogens (tertiary/aromatic N) is 2. The van der Waals surface area contributed by atoms with Crippen molar-refractivity contribution in [2.75, 3.05) is 20.1 Å². The van der Waals surface area contributed by atoms with Gasteiger partial charge in [0.15, 0.2) is 9.12 Å². The predicted molar refractivity (Wildman–Crippen MR) is 76.3 cm³/mol. The highest BCUT2D eigenvalue weighted by Crippen LogP contribution is 2.20. The largest absolute Gasteiger partial charge is 0.339 e. The van der Waals surface area contributed by atoms with E-state index < -0.39 is 17.4 Å². The molecular formula is C11H30N2Si2. The zero-order chi connectivity index (χ0) is 12.2. The molecule has 15 heavy (non-hydrogen) atoms. The van der Waals surface area contributed by atoms with Crippen LogP contribution in [0.2, 0.25) is 25.2 Å². The first kappa shape index (κ1) is 15.4. The molecule has 0 rings (SSSR count). The van der Waals surface area contributed by atoms with Crippen molar-refractivity contribution < 1.29 is 0 Å². The maximum absolute atomic E-state index is 2.77. The van der Waals surface area contributed by atoms with E-state index in [9.17, 15) is 0 Å². The Labute approximate surface area is 99.5 Å². The predicted octanol–water partition coefficient (Wildman–Crippen LogP) is 2.73. The van der Waals surface area contributed by atoms with E-state index in [0.29, 0.717) is 0 Å². The minimum atomic E-state index is -1.13. The summed E-state index contributed by atoms with van der Waals surface area (Å²) in [6.07, 6.45) is 0. The van der Waals surface area contributed by atoms with Gasteiger partial charge in [-0.15, -0.1) is 0 Å². The Morgan fingerprint density at radius 3 is 1.67 bits per heavy atom. The van der Waals surface area contributed by atoms with E-state index in [-0.39, 0.29) is 0 Å². The fourth-order valence-electron chi connectivity index (χ4n) is 2.11. The van der Waals surface area contributed by atoms with Crippen LogP contribution in [0.4, 0.5) is 0 Å².